The molecule has 4 heteroatoms. The molecule has 31 heavy (non-hydrogen) atoms. The summed E-state index contributed by atoms with van der Waals surface area (Å²) in [5, 5.41) is 21.8. The number of anilines is 2. The van der Waals surface area contributed by atoms with Crippen molar-refractivity contribution in [3.63, 3.8) is 0 Å². The van der Waals surface area contributed by atoms with Crippen molar-refractivity contribution in [2.75, 3.05) is 5.32 Å². The lowest BCUT2D eigenvalue weighted by Gasteiger charge is -2.13. The van der Waals surface area contributed by atoms with Crippen molar-refractivity contribution in [2.24, 2.45) is 0 Å². The largest absolute Gasteiger partial charge is 0.355 e. The maximum absolute atomic E-state index is 10.9. The van der Waals surface area contributed by atoms with Crippen LogP contribution in [0.15, 0.2) is 91.0 Å². The Labute approximate surface area is 180 Å². The fraction of sp³-hybridized carbons (Fsp3) is 0. The van der Waals surface area contributed by atoms with Crippen molar-refractivity contribution in [1.82, 2.24) is 0 Å². The highest BCUT2D eigenvalue weighted by atomic mass is 16.1. The van der Waals surface area contributed by atoms with E-state index in [-0.39, 0.29) is 0 Å². The lowest BCUT2D eigenvalue weighted by atomic mass is 9.99. The highest BCUT2D eigenvalue weighted by Crippen LogP contribution is 2.31. The number of hydrogen-bond donors (Lipinski definition) is 1. The summed E-state index contributed by atoms with van der Waals surface area (Å²) in [5.41, 5.74) is 7.18. The van der Waals surface area contributed by atoms with Gasteiger partial charge >= 0.3 is 0 Å². The lowest BCUT2D eigenvalue weighted by Crippen LogP contribution is -1.93. The number of rotatable bonds is 5. The van der Waals surface area contributed by atoms with Crippen LogP contribution >= 0.6 is 0 Å². The zero-order valence-corrected chi connectivity index (χ0v) is 16.5. The van der Waals surface area contributed by atoms with Gasteiger partial charge in [0, 0.05) is 22.5 Å². The smallest absolute Gasteiger partial charge is 0.150 e. The van der Waals surface area contributed by atoms with E-state index >= 15 is 0 Å². The van der Waals surface area contributed by atoms with Crippen molar-refractivity contribution in [2.45, 2.75) is 0 Å². The van der Waals surface area contributed by atoms with Crippen molar-refractivity contribution >= 4 is 17.7 Å². The summed E-state index contributed by atoms with van der Waals surface area (Å²) in [4.78, 5) is 10.9. The molecule has 0 saturated heterocycles. The van der Waals surface area contributed by atoms with Gasteiger partial charge in [0.2, 0.25) is 0 Å². The fourth-order valence-corrected chi connectivity index (χ4v) is 3.40. The minimum Gasteiger partial charge on any atom is -0.355 e. The summed E-state index contributed by atoms with van der Waals surface area (Å²) in [6, 6.07) is 32.8. The molecule has 0 atom stereocenters. The number of benzene rings is 4. The van der Waals surface area contributed by atoms with Crippen LogP contribution < -0.4 is 5.32 Å². The van der Waals surface area contributed by atoms with Crippen LogP contribution in [-0.2, 0) is 0 Å². The van der Waals surface area contributed by atoms with Gasteiger partial charge in [-0.2, -0.15) is 10.5 Å². The monoisotopic (exact) mass is 399 g/mol. The number of nitriles is 2. The highest BCUT2D eigenvalue weighted by Gasteiger charge is 2.07. The molecule has 4 rings (SSSR count). The van der Waals surface area contributed by atoms with Gasteiger partial charge in [0.05, 0.1) is 11.1 Å². The Balaban J connectivity index is 1.60. The van der Waals surface area contributed by atoms with E-state index in [9.17, 15) is 10.1 Å². The van der Waals surface area contributed by atoms with Crippen molar-refractivity contribution in [3.05, 3.63) is 108 Å². The molecule has 0 amide bonds. The van der Waals surface area contributed by atoms with E-state index in [0.717, 1.165) is 39.9 Å². The molecule has 146 valence electrons. The first-order valence-corrected chi connectivity index (χ1v) is 9.68. The molecule has 0 heterocycles. The van der Waals surface area contributed by atoms with Gasteiger partial charge in [0.1, 0.15) is 18.4 Å². The summed E-state index contributed by atoms with van der Waals surface area (Å²) in [6.45, 7) is 0. The Morgan fingerprint density at radius 1 is 0.677 bits per heavy atom. The molecule has 4 aromatic rings. The summed E-state index contributed by atoms with van der Waals surface area (Å²) < 4.78 is 0. The van der Waals surface area contributed by atoms with Crippen LogP contribution in [-0.4, -0.2) is 6.29 Å². The average Bonchev–Trinajstić information content (AvgIpc) is 2.84. The Bertz CT molecular complexity index is 1330. The molecule has 0 aromatic heterocycles. The van der Waals surface area contributed by atoms with Crippen LogP contribution in [0.3, 0.4) is 0 Å². The number of carbonyl (C=O) groups excluding carboxylic acids is 1. The Morgan fingerprint density at radius 3 is 2.00 bits per heavy atom. The van der Waals surface area contributed by atoms with Crippen molar-refractivity contribution in [1.29, 1.82) is 10.5 Å². The van der Waals surface area contributed by atoms with Gasteiger partial charge in [-0.05, 0) is 47.0 Å². The predicted octanol–water partition coefficient (Wildman–Crippen LogP) is 6.32. The third-order valence-corrected chi connectivity index (χ3v) is 5.04. The number of para-hydroxylation sites is 1. The molecule has 4 nitrogen and oxygen atoms in total. The minimum absolute atomic E-state index is 0.372. The first kappa shape index (κ1) is 19.6. The second-order valence-corrected chi connectivity index (χ2v) is 6.97. The van der Waals surface area contributed by atoms with Gasteiger partial charge in [0.15, 0.2) is 0 Å². The third kappa shape index (κ3) is 4.19. The zero-order valence-electron chi connectivity index (χ0n) is 16.5. The quantitative estimate of drug-likeness (QED) is 0.398. The Morgan fingerprint density at radius 2 is 1.32 bits per heavy atom. The normalized spacial score (nSPS) is 10.0. The molecule has 0 spiro atoms. The maximum atomic E-state index is 10.9. The molecule has 0 aliphatic carbocycles. The fourth-order valence-electron chi connectivity index (χ4n) is 3.40. The number of nitrogens with one attached hydrogen (secondary N) is 1. The lowest BCUT2D eigenvalue weighted by molar-refractivity contribution is 0.112. The predicted molar refractivity (Wildman–Crippen MR) is 122 cm³/mol. The van der Waals surface area contributed by atoms with E-state index in [4.69, 9.17) is 5.26 Å². The molecular formula is C27H17N3O. The minimum atomic E-state index is 0.372. The van der Waals surface area contributed by atoms with Gasteiger partial charge in [-0.25, -0.2) is 0 Å². The Hall–Kier alpha value is -4.67. The second kappa shape index (κ2) is 8.78. The zero-order chi connectivity index (χ0) is 21.6. The van der Waals surface area contributed by atoms with E-state index in [1.807, 2.05) is 72.8 Å². The van der Waals surface area contributed by atoms with E-state index in [1.165, 1.54) is 0 Å². The third-order valence-electron chi connectivity index (χ3n) is 5.04. The van der Waals surface area contributed by atoms with Gasteiger partial charge in [-0.3, -0.25) is 4.79 Å². The van der Waals surface area contributed by atoms with Crippen LogP contribution in [0.4, 0.5) is 11.4 Å². The standard InChI is InChI=1S/C27H17N3O/c28-16-23-10-9-22(15-24(23)17-29)20-11-13-25(14-12-20)30-27-4-2-1-3-26(27)21-7-5-19(18-31)6-8-21/h1-15,18,30H. The molecule has 0 aliphatic heterocycles. The van der Waals surface area contributed by atoms with Crippen LogP contribution in [0.5, 0.6) is 0 Å². The number of nitrogens with zero attached hydrogens (tertiary/aromatic N) is 2. The summed E-state index contributed by atoms with van der Waals surface area (Å²) in [6.07, 6.45) is 0.836. The van der Waals surface area contributed by atoms with E-state index in [1.54, 1.807) is 24.3 Å². The van der Waals surface area contributed by atoms with Crippen LogP contribution in [0.1, 0.15) is 21.5 Å². The number of aldehydes is 1. The summed E-state index contributed by atoms with van der Waals surface area (Å²) >= 11 is 0. The molecule has 0 aliphatic rings. The average molecular weight is 399 g/mol. The molecular weight excluding hydrogens is 382 g/mol. The van der Waals surface area contributed by atoms with Crippen LogP contribution in [0.25, 0.3) is 22.3 Å². The molecule has 4 aromatic carbocycles. The first-order chi connectivity index (χ1) is 15.2. The molecule has 0 fully saturated rings. The number of carbonyl (C=O) groups is 1. The SMILES string of the molecule is N#Cc1ccc(-c2ccc(Nc3ccccc3-c3ccc(C=O)cc3)cc2)cc1C#N. The van der Waals surface area contributed by atoms with E-state index in [0.29, 0.717) is 16.7 Å². The topological polar surface area (TPSA) is 76.7 Å². The van der Waals surface area contributed by atoms with Gasteiger partial charge in [-0.15, -0.1) is 0 Å². The van der Waals surface area contributed by atoms with Gasteiger partial charge in [0.25, 0.3) is 0 Å². The Kier molecular flexibility index (Phi) is 5.56. The van der Waals surface area contributed by atoms with Gasteiger partial charge in [-0.1, -0.05) is 60.7 Å². The summed E-state index contributed by atoms with van der Waals surface area (Å²) in [5.74, 6) is 0. The van der Waals surface area contributed by atoms with Crippen molar-refractivity contribution < 1.29 is 4.79 Å². The molecule has 0 unspecified atom stereocenters. The number of hydrogen-bond acceptors (Lipinski definition) is 4. The molecule has 1 N–H and O–H groups in total. The molecule has 0 saturated carbocycles. The first-order valence-electron chi connectivity index (χ1n) is 9.68. The maximum Gasteiger partial charge on any atom is 0.150 e. The summed E-state index contributed by atoms with van der Waals surface area (Å²) in [7, 11) is 0. The van der Waals surface area contributed by atoms with Crippen LogP contribution in [0.2, 0.25) is 0 Å². The second-order valence-electron chi connectivity index (χ2n) is 6.97. The van der Waals surface area contributed by atoms with Gasteiger partial charge < -0.3 is 5.32 Å². The molecule has 0 radical (unpaired) electrons. The van der Waals surface area contributed by atoms with E-state index < -0.39 is 0 Å². The van der Waals surface area contributed by atoms with E-state index in [2.05, 4.69) is 11.4 Å². The highest BCUT2D eigenvalue weighted by molar-refractivity contribution is 5.83. The molecule has 0 bridgehead atoms. The van der Waals surface area contributed by atoms with Crippen molar-refractivity contribution in [3.8, 4) is 34.4 Å². The van der Waals surface area contributed by atoms with Crippen LogP contribution in [0, 0.1) is 22.7 Å².